The molecule has 0 spiro atoms. The van der Waals surface area contributed by atoms with E-state index < -0.39 is 17.3 Å². The topological polar surface area (TPSA) is 82.5 Å². The van der Waals surface area contributed by atoms with Gasteiger partial charge in [-0.25, -0.2) is 14.2 Å². The molecule has 0 unspecified atom stereocenters. The predicted octanol–water partition coefficient (Wildman–Crippen LogP) is 1.49. The van der Waals surface area contributed by atoms with Gasteiger partial charge in [0.25, 0.3) is 0 Å². The Morgan fingerprint density at radius 2 is 2.24 bits per heavy atom. The van der Waals surface area contributed by atoms with Crippen molar-refractivity contribution in [3.63, 3.8) is 0 Å². The Morgan fingerprint density at radius 3 is 2.76 bits per heavy atom. The van der Waals surface area contributed by atoms with E-state index in [2.05, 4.69) is 10.3 Å². The zero-order valence-corrected chi connectivity index (χ0v) is 9.70. The number of aromatic carboxylic acids is 1. The van der Waals surface area contributed by atoms with Gasteiger partial charge in [0.05, 0.1) is 6.20 Å². The first kappa shape index (κ1) is 13.4. The van der Waals surface area contributed by atoms with Crippen molar-refractivity contribution < 1.29 is 19.4 Å². The van der Waals surface area contributed by atoms with Gasteiger partial charge >= 0.3 is 5.97 Å². The molecular weight excluding hydrogens is 227 g/mol. The molecule has 0 radical (unpaired) electrons. The van der Waals surface area contributed by atoms with Crippen molar-refractivity contribution in [3.8, 4) is 0 Å². The van der Waals surface area contributed by atoms with Crippen LogP contribution in [-0.4, -0.2) is 33.3 Å². The number of carbonyl (C=O) groups is 1. The first-order valence-corrected chi connectivity index (χ1v) is 5.13. The number of carboxylic acids is 1. The lowest BCUT2D eigenvalue weighted by molar-refractivity contribution is 0.0697. The van der Waals surface area contributed by atoms with Crippen LogP contribution in [0.3, 0.4) is 0 Å². The number of anilines is 1. The number of halogens is 1. The number of aromatic nitrogens is 1. The van der Waals surface area contributed by atoms with Gasteiger partial charge in [-0.3, -0.25) is 0 Å². The minimum absolute atomic E-state index is 0.0381. The SMILES string of the molecule is CC(C)(CCO)Nc1ncc(F)cc1C(=O)O. The summed E-state index contributed by atoms with van der Waals surface area (Å²) in [5.41, 5.74) is -0.750. The van der Waals surface area contributed by atoms with E-state index in [1.807, 2.05) is 0 Å². The van der Waals surface area contributed by atoms with Crippen molar-refractivity contribution in [1.82, 2.24) is 4.98 Å². The van der Waals surface area contributed by atoms with E-state index in [4.69, 9.17) is 10.2 Å². The molecule has 1 heterocycles. The third kappa shape index (κ3) is 3.67. The van der Waals surface area contributed by atoms with E-state index >= 15 is 0 Å². The molecular formula is C11H15FN2O3. The van der Waals surface area contributed by atoms with Crippen molar-refractivity contribution in [2.45, 2.75) is 25.8 Å². The number of nitrogens with zero attached hydrogens (tertiary/aromatic N) is 1. The highest BCUT2D eigenvalue weighted by Crippen LogP contribution is 2.20. The fraction of sp³-hybridized carbons (Fsp3) is 0.455. The fourth-order valence-corrected chi connectivity index (χ4v) is 1.36. The van der Waals surface area contributed by atoms with E-state index in [0.29, 0.717) is 6.42 Å². The van der Waals surface area contributed by atoms with Crippen molar-refractivity contribution in [1.29, 1.82) is 0 Å². The predicted molar refractivity (Wildman–Crippen MR) is 60.6 cm³/mol. The normalized spacial score (nSPS) is 11.3. The van der Waals surface area contributed by atoms with Gasteiger partial charge in [-0.2, -0.15) is 0 Å². The molecule has 0 aliphatic heterocycles. The molecule has 94 valence electrons. The third-order valence-electron chi connectivity index (χ3n) is 2.28. The van der Waals surface area contributed by atoms with Crippen molar-refractivity contribution in [2.75, 3.05) is 11.9 Å². The van der Waals surface area contributed by atoms with Crippen LogP contribution >= 0.6 is 0 Å². The van der Waals surface area contributed by atoms with E-state index in [-0.39, 0.29) is 18.0 Å². The van der Waals surface area contributed by atoms with Crippen LogP contribution in [-0.2, 0) is 0 Å². The summed E-state index contributed by atoms with van der Waals surface area (Å²) in [4.78, 5) is 14.6. The van der Waals surface area contributed by atoms with Crippen LogP contribution in [0.5, 0.6) is 0 Å². The molecule has 1 aromatic heterocycles. The molecule has 5 nitrogen and oxygen atoms in total. The van der Waals surface area contributed by atoms with Crippen LogP contribution in [0.1, 0.15) is 30.6 Å². The smallest absolute Gasteiger partial charge is 0.339 e. The van der Waals surface area contributed by atoms with Crippen LogP contribution in [0.25, 0.3) is 0 Å². The first-order valence-electron chi connectivity index (χ1n) is 5.13. The standard InChI is InChI=1S/C11H15FN2O3/c1-11(2,3-4-15)14-9-8(10(16)17)5-7(12)6-13-9/h5-6,15H,3-4H2,1-2H3,(H,13,14)(H,16,17). The average Bonchev–Trinajstić information content (AvgIpc) is 2.20. The molecule has 0 aliphatic carbocycles. The molecule has 1 rings (SSSR count). The number of hydrogen-bond acceptors (Lipinski definition) is 4. The molecule has 0 atom stereocenters. The third-order valence-corrected chi connectivity index (χ3v) is 2.28. The lowest BCUT2D eigenvalue weighted by Crippen LogP contribution is -2.33. The molecule has 0 fully saturated rings. The van der Waals surface area contributed by atoms with E-state index in [1.54, 1.807) is 13.8 Å². The number of pyridine rings is 1. The molecule has 3 N–H and O–H groups in total. The largest absolute Gasteiger partial charge is 0.478 e. The maximum atomic E-state index is 12.9. The Hall–Kier alpha value is -1.69. The highest BCUT2D eigenvalue weighted by molar-refractivity contribution is 5.93. The van der Waals surface area contributed by atoms with Gasteiger partial charge in [0.1, 0.15) is 17.2 Å². The van der Waals surface area contributed by atoms with E-state index in [1.165, 1.54) is 0 Å². The molecule has 0 bridgehead atoms. The fourth-order valence-electron chi connectivity index (χ4n) is 1.36. The van der Waals surface area contributed by atoms with Crippen molar-refractivity contribution >= 4 is 11.8 Å². The van der Waals surface area contributed by atoms with Gasteiger partial charge in [-0.15, -0.1) is 0 Å². The van der Waals surface area contributed by atoms with Crippen LogP contribution in [0.4, 0.5) is 10.2 Å². The highest BCUT2D eigenvalue weighted by Gasteiger charge is 2.21. The Morgan fingerprint density at radius 1 is 1.59 bits per heavy atom. The Labute approximate surface area is 98.3 Å². The van der Waals surface area contributed by atoms with Gasteiger partial charge in [0.15, 0.2) is 0 Å². The summed E-state index contributed by atoms with van der Waals surface area (Å²) in [6.45, 7) is 3.55. The lowest BCUT2D eigenvalue weighted by atomic mass is 10.0. The van der Waals surface area contributed by atoms with E-state index in [0.717, 1.165) is 12.3 Å². The highest BCUT2D eigenvalue weighted by atomic mass is 19.1. The summed E-state index contributed by atoms with van der Waals surface area (Å²) in [7, 11) is 0. The molecule has 0 saturated heterocycles. The minimum Gasteiger partial charge on any atom is -0.478 e. The maximum Gasteiger partial charge on any atom is 0.339 e. The summed E-state index contributed by atoms with van der Waals surface area (Å²) in [5, 5.41) is 20.7. The molecule has 17 heavy (non-hydrogen) atoms. The molecule has 0 aliphatic rings. The molecule has 0 amide bonds. The van der Waals surface area contributed by atoms with Crippen LogP contribution in [0.15, 0.2) is 12.3 Å². The van der Waals surface area contributed by atoms with Crippen molar-refractivity contribution in [3.05, 3.63) is 23.6 Å². The van der Waals surface area contributed by atoms with Gasteiger partial charge in [-0.05, 0) is 26.3 Å². The monoisotopic (exact) mass is 242 g/mol. The summed E-state index contributed by atoms with van der Waals surface area (Å²) in [6.07, 6.45) is 1.37. The number of hydrogen-bond donors (Lipinski definition) is 3. The number of rotatable bonds is 5. The molecule has 1 aromatic rings. The minimum atomic E-state index is -1.25. The van der Waals surface area contributed by atoms with Gasteiger partial charge in [0.2, 0.25) is 0 Å². The van der Waals surface area contributed by atoms with Crippen molar-refractivity contribution in [2.24, 2.45) is 0 Å². The second-order valence-corrected chi connectivity index (χ2v) is 4.34. The Balaban J connectivity index is 3.02. The Bertz CT molecular complexity index is 421. The number of carboxylic acid groups (broad SMARTS) is 1. The summed E-state index contributed by atoms with van der Waals surface area (Å²) in [6, 6.07) is 0.909. The van der Waals surface area contributed by atoms with Gasteiger partial charge in [-0.1, -0.05) is 0 Å². The maximum absolute atomic E-state index is 12.9. The molecule has 0 aromatic carbocycles. The quantitative estimate of drug-likeness (QED) is 0.728. The van der Waals surface area contributed by atoms with Gasteiger partial charge < -0.3 is 15.5 Å². The van der Waals surface area contributed by atoms with Crippen LogP contribution in [0, 0.1) is 5.82 Å². The number of nitrogens with one attached hydrogen (secondary N) is 1. The molecule has 6 heteroatoms. The van der Waals surface area contributed by atoms with Crippen LogP contribution in [0.2, 0.25) is 0 Å². The summed E-state index contributed by atoms with van der Waals surface area (Å²) < 4.78 is 12.9. The number of aliphatic hydroxyl groups is 1. The van der Waals surface area contributed by atoms with Gasteiger partial charge in [0, 0.05) is 12.1 Å². The Kier molecular flexibility index (Phi) is 4.01. The average molecular weight is 242 g/mol. The summed E-state index contributed by atoms with van der Waals surface area (Å²) >= 11 is 0. The zero-order valence-electron chi connectivity index (χ0n) is 9.70. The van der Waals surface area contributed by atoms with E-state index in [9.17, 15) is 9.18 Å². The zero-order chi connectivity index (χ0) is 13.1. The van der Waals surface area contributed by atoms with Crippen LogP contribution < -0.4 is 5.32 Å². The second-order valence-electron chi connectivity index (χ2n) is 4.34. The first-order chi connectivity index (χ1) is 7.85. The molecule has 0 saturated carbocycles. The summed E-state index contributed by atoms with van der Waals surface area (Å²) in [5.74, 6) is -1.86. The second kappa shape index (κ2) is 5.09. The number of aliphatic hydroxyl groups excluding tert-OH is 1. The lowest BCUT2D eigenvalue weighted by Gasteiger charge is -2.26.